The van der Waals surface area contributed by atoms with Gasteiger partial charge in [-0.3, -0.25) is 4.79 Å². The molecule has 1 aromatic heterocycles. The molecular weight excluding hydrogens is 234 g/mol. The number of fused-ring (bicyclic) bond motifs is 3. The van der Waals surface area contributed by atoms with Gasteiger partial charge in [0.15, 0.2) is 0 Å². The molecule has 3 rings (SSSR count). The lowest BCUT2D eigenvalue weighted by molar-refractivity contribution is 0.0654. The van der Waals surface area contributed by atoms with Gasteiger partial charge in [0.25, 0.3) is 0 Å². The van der Waals surface area contributed by atoms with E-state index in [2.05, 4.69) is 0 Å². The molecule has 18 heavy (non-hydrogen) atoms. The van der Waals surface area contributed by atoms with Gasteiger partial charge in [-0.15, -0.1) is 0 Å². The number of carboxylic acid groups (broad SMARTS) is 1. The minimum atomic E-state index is -1.19. The van der Waals surface area contributed by atoms with Crippen molar-refractivity contribution in [2.75, 3.05) is 6.61 Å². The van der Waals surface area contributed by atoms with Crippen molar-refractivity contribution in [1.82, 2.24) is 4.57 Å². The first-order valence-electron chi connectivity index (χ1n) is 5.65. The largest absolute Gasteiger partial charge is 0.477 e. The van der Waals surface area contributed by atoms with Gasteiger partial charge in [0, 0.05) is 11.9 Å². The van der Waals surface area contributed by atoms with E-state index in [1.54, 1.807) is 12.1 Å². The summed E-state index contributed by atoms with van der Waals surface area (Å²) in [5, 5.41) is 9.66. The Hall–Kier alpha value is -2.14. The van der Waals surface area contributed by atoms with Crippen molar-refractivity contribution in [2.45, 2.75) is 13.2 Å². The second-order valence-electron chi connectivity index (χ2n) is 4.18. The van der Waals surface area contributed by atoms with E-state index in [0.717, 1.165) is 5.52 Å². The molecule has 0 amide bonds. The van der Waals surface area contributed by atoms with Gasteiger partial charge in [-0.05, 0) is 12.1 Å². The number of aromatic carboxylic acids is 1. The molecule has 1 N–H and O–H groups in total. The normalized spacial score (nSPS) is 14.4. The van der Waals surface area contributed by atoms with Gasteiger partial charge in [0.1, 0.15) is 5.56 Å². The zero-order chi connectivity index (χ0) is 12.7. The van der Waals surface area contributed by atoms with Crippen molar-refractivity contribution in [3.8, 4) is 0 Å². The average molecular weight is 245 g/mol. The van der Waals surface area contributed by atoms with Crippen molar-refractivity contribution in [3.05, 3.63) is 45.7 Å². The Kier molecular flexibility index (Phi) is 2.41. The number of aromatic nitrogens is 1. The fourth-order valence-electron chi connectivity index (χ4n) is 2.40. The van der Waals surface area contributed by atoms with E-state index < -0.39 is 11.4 Å². The Balaban J connectivity index is 2.51. The summed E-state index contributed by atoms with van der Waals surface area (Å²) in [6.07, 6.45) is 0. The van der Waals surface area contributed by atoms with Crippen LogP contribution in [0.3, 0.4) is 0 Å². The fourth-order valence-corrected chi connectivity index (χ4v) is 2.40. The highest BCUT2D eigenvalue weighted by atomic mass is 16.5. The highest BCUT2D eigenvalue weighted by Crippen LogP contribution is 2.20. The van der Waals surface area contributed by atoms with Crippen LogP contribution in [0, 0.1) is 0 Å². The second kappa shape index (κ2) is 3.96. The van der Waals surface area contributed by atoms with E-state index in [4.69, 9.17) is 4.74 Å². The predicted octanol–water partition coefficient (Wildman–Crippen LogP) is 1.23. The number of carboxylic acids is 1. The van der Waals surface area contributed by atoms with Crippen LogP contribution in [0.1, 0.15) is 16.1 Å². The molecule has 1 aromatic carbocycles. The molecule has 0 saturated carbocycles. The summed E-state index contributed by atoms with van der Waals surface area (Å²) in [6, 6.07) is 7.07. The molecular formula is C13H11NO4. The van der Waals surface area contributed by atoms with Gasteiger partial charge in [-0.25, -0.2) is 4.79 Å². The highest BCUT2D eigenvalue weighted by Gasteiger charge is 2.23. The van der Waals surface area contributed by atoms with Crippen molar-refractivity contribution in [3.63, 3.8) is 0 Å². The van der Waals surface area contributed by atoms with Crippen molar-refractivity contribution in [2.24, 2.45) is 0 Å². The number of hydrogen-bond donors (Lipinski definition) is 1. The van der Waals surface area contributed by atoms with Gasteiger partial charge < -0.3 is 14.4 Å². The summed E-state index contributed by atoms with van der Waals surface area (Å²) in [4.78, 5) is 23.5. The first-order chi connectivity index (χ1) is 8.70. The number of para-hydroxylation sites is 1. The van der Waals surface area contributed by atoms with Crippen LogP contribution in [-0.2, 0) is 17.9 Å². The zero-order valence-electron chi connectivity index (χ0n) is 9.55. The van der Waals surface area contributed by atoms with Crippen LogP contribution in [0.15, 0.2) is 29.1 Å². The molecule has 0 saturated heterocycles. The SMILES string of the molecule is O=C(O)c1c2n(c3ccccc3c1=O)CCOC2. The fraction of sp³-hybridized carbons (Fsp3) is 0.231. The van der Waals surface area contributed by atoms with Gasteiger partial charge in [0.05, 0.1) is 24.4 Å². The van der Waals surface area contributed by atoms with E-state index >= 15 is 0 Å². The second-order valence-corrected chi connectivity index (χ2v) is 4.18. The van der Waals surface area contributed by atoms with Crippen LogP contribution >= 0.6 is 0 Å². The lowest BCUT2D eigenvalue weighted by Crippen LogP contribution is -2.28. The van der Waals surface area contributed by atoms with Crippen molar-refractivity contribution >= 4 is 16.9 Å². The predicted molar refractivity (Wildman–Crippen MR) is 64.8 cm³/mol. The van der Waals surface area contributed by atoms with Gasteiger partial charge >= 0.3 is 5.97 Å². The number of rotatable bonds is 1. The van der Waals surface area contributed by atoms with Crippen LogP contribution in [-0.4, -0.2) is 22.2 Å². The van der Waals surface area contributed by atoms with Gasteiger partial charge in [0.2, 0.25) is 5.43 Å². The Bertz CT molecular complexity index is 702. The number of carbonyl (C=O) groups is 1. The maximum atomic E-state index is 12.2. The first-order valence-corrected chi connectivity index (χ1v) is 5.65. The molecule has 0 spiro atoms. The maximum absolute atomic E-state index is 12.2. The molecule has 2 aromatic rings. The third-order valence-corrected chi connectivity index (χ3v) is 3.19. The van der Waals surface area contributed by atoms with Crippen molar-refractivity contribution < 1.29 is 14.6 Å². The number of benzene rings is 1. The monoisotopic (exact) mass is 245 g/mol. The molecule has 1 aliphatic heterocycles. The molecule has 0 aliphatic carbocycles. The molecule has 5 nitrogen and oxygen atoms in total. The van der Waals surface area contributed by atoms with E-state index in [1.165, 1.54) is 0 Å². The molecule has 0 atom stereocenters. The van der Waals surface area contributed by atoms with Crippen molar-refractivity contribution in [1.29, 1.82) is 0 Å². The zero-order valence-corrected chi connectivity index (χ0v) is 9.55. The third kappa shape index (κ3) is 1.44. The van der Waals surface area contributed by atoms with Gasteiger partial charge in [-0.1, -0.05) is 12.1 Å². The van der Waals surface area contributed by atoms with E-state index in [1.807, 2.05) is 16.7 Å². The summed E-state index contributed by atoms with van der Waals surface area (Å²) < 4.78 is 7.13. The minimum absolute atomic E-state index is 0.168. The molecule has 1 aliphatic rings. The molecule has 0 unspecified atom stereocenters. The molecule has 0 fully saturated rings. The average Bonchev–Trinajstić information content (AvgIpc) is 2.39. The number of nitrogens with zero attached hydrogens (tertiary/aromatic N) is 1. The number of hydrogen-bond acceptors (Lipinski definition) is 3. The molecule has 0 bridgehead atoms. The Morgan fingerprint density at radius 1 is 1.33 bits per heavy atom. The van der Waals surface area contributed by atoms with Gasteiger partial charge in [-0.2, -0.15) is 0 Å². The molecule has 5 heteroatoms. The number of ether oxygens (including phenoxy) is 1. The molecule has 2 heterocycles. The Morgan fingerprint density at radius 3 is 2.89 bits per heavy atom. The third-order valence-electron chi connectivity index (χ3n) is 3.19. The summed E-state index contributed by atoms with van der Waals surface area (Å²) in [6.45, 7) is 1.26. The lowest BCUT2D eigenvalue weighted by Gasteiger charge is -2.23. The standard InChI is InChI=1S/C13H11NO4/c15-12-8-3-1-2-4-9(8)14-5-6-18-7-10(14)11(12)13(16)17/h1-4H,5-7H2,(H,16,17). The first kappa shape index (κ1) is 11.0. The van der Waals surface area contributed by atoms with E-state index in [-0.39, 0.29) is 12.2 Å². The summed E-state index contributed by atoms with van der Waals surface area (Å²) in [7, 11) is 0. The minimum Gasteiger partial charge on any atom is -0.477 e. The smallest absolute Gasteiger partial charge is 0.341 e. The topological polar surface area (TPSA) is 68.5 Å². The molecule has 92 valence electrons. The van der Waals surface area contributed by atoms with E-state index in [9.17, 15) is 14.7 Å². The number of pyridine rings is 1. The Labute approximate surface area is 102 Å². The van der Waals surface area contributed by atoms with Crippen LogP contribution in [0.2, 0.25) is 0 Å². The summed E-state index contributed by atoms with van der Waals surface area (Å²) in [5.74, 6) is -1.19. The van der Waals surface area contributed by atoms with E-state index in [0.29, 0.717) is 24.2 Å². The highest BCUT2D eigenvalue weighted by molar-refractivity contribution is 5.94. The summed E-state index contributed by atoms with van der Waals surface area (Å²) >= 11 is 0. The van der Waals surface area contributed by atoms with Crippen LogP contribution in [0.5, 0.6) is 0 Å². The Morgan fingerprint density at radius 2 is 2.11 bits per heavy atom. The van der Waals surface area contributed by atoms with Crippen LogP contribution in [0.4, 0.5) is 0 Å². The molecule has 0 radical (unpaired) electrons. The lowest BCUT2D eigenvalue weighted by atomic mass is 10.1. The maximum Gasteiger partial charge on any atom is 0.341 e. The van der Waals surface area contributed by atoms with Crippen LogP contribution < -0.4 is 5.43 Å². The quantitative estimate of drug-likeness (QED) is 0.820. The summed E-state index contributed by atoms with van der Waals surface area (Å²) in [5.41, 5.74) is 0.617. The van der Waals surface area contributed by atoms with Crippen LogP contribution in [0.25, 0.3) is 10.9 Å².